The van der Waals surface area contributed by atoms with Crippen molar-refractivity contribution in [1.82, 2.24) is 5.32 Å². The van der Waals surface area contributed by atoms with Gasteiger partial charge in [0.25, 0.3) is 0 Å². The Balaban J connectivity index is 2.09. The lowest BCUT2D eigenvalue weighted by atomic mass is 10.1. The Labute approximate surface area is 132 Å². The second kappa shape index (κ2) is 7.58. The highest BCUT2D eigenvalue weighted by Crippen LogP contribution is 2.30. The summed E-state index contributed by atoms with van der Waals surface area (Å²) < 4.78 is 1.19. The molecule has 19 heavy (non-hydrogen) atoms. The molecule has 2 aromatic heterocycles. The Morgan fingerprint density at radius 3 is 2.63 bits per heavy atom. The summed E-state index contributed by atoms with van der Waals surface area (Å²) in [6, 6.07) is 7.24. The van der Waals surface area contributed by atoms with Crippen LogP contribution < -0.4 is 5.32 Å². The molecule has 1 unspecified atom stereocenters. The Morgan fingerprint density at radius 1 is 1.26 bits per heavy atom. The molecule has 104 valence electrons. The zero-order valence-electron chi connectivity index (χ0n) is 11.4. The van der Waals surface area contributed by atoms with Gasteiger partial charge in [-0.25, -0.2) is 0 Å². The van der Waals surface area contributed by atoms with Gasteiger partial charge in [0.2, 0.25) is 0 Å². The second-order valence-corrected chi connectivity index (χ2v) is 7.71. The average molecular weight is 358 g/mol. The van der Waals surface area contributed by atoms with Gasteiger partial charge in [-0.15, -0.1) is 22.7 Å². The van der Waals surface area contributed by atoms with Gasteiger partial charge < -0.3 is 5.32 Å². The lowest BCUT2D eigenvalue weighted by Gasteiger charge is -2.16. The molecule has 0 amide bonds. The monoisotopic (exact) mass is 357 g/mol. The average Bonchev–Trinajstić information content (AvgIpc) is 3.03. The molecule has 2 heterocycles. The van der Waals surface area contributed by atoms with Crippen LogP contribution in [0.5, 0.6) is 0 Å². The topological polar surface area (TPSA) is 12.0 Å². The van der Waals surface area contributed by atoms with Crippen LogP contribution in [-0.2, 0) is 12.8 Å². The highest BCUT2D eigenvalue weighted by molar-refractivity contribution is 9.10. The largest absolute Gasteiger partial charge is 0.309 e. The fourth-order valence-corrected chi connectivity index (χ4v) is 4.55. The van der Waals surface area contributed by atoms with Crippen molar-refractivity contribution >= 4 is 38.6 Å². The molecule has 0 saturated heterocycles. The summed E-state index contributed by atoms with van der Waals surface area (Å²) in [4.78, 5) is 4.39. The molecule has 0 aliphatic carbocycles. The normalized spacial score (nSPS) is 12.8. The van der Waals surface area contributed by atoms with Gasteiger partial charge in [0.15, 0.2) is 0 Å². The number of thiophene rings is 2. The van der Waals surface area contributed by atoms with E-state index in [1.54, 1.807) is 0 Å². The minimum Gasteiger partial charge on any atom is -0.309 e. The van der Waals surface area contributed by atoms with Gasteiger partial charge in [-0.05, 0) is 53.5 Å². The van der Waals surface area contributed by atoms with Gasteiger partial charge in [-0.3, -0.25) is 0 Å². The molecule has 2 aromatic rings. The van der Waals surface area contributed by atoms with E-state index in [2.05, 4.69) is 58.7 Å². The van der Waals surface area contributed by atoms with Gasteiger partial charge >= 0.3 is 0 Å². The fraction of sp³-hybridized carbons (Fsp3) is 0.467. The van der Waals surface area contributed by atoms with Gasteiger partial charge in [-0.1, -0.05) is 13.8 Å². The standard InChI is InChI=1S/C15H20BrNS2/c1-3-7-17-14(15-8-11(16)10-18-15)9-13-6-5-12(4-2)19-13/h5-6,8,10,14,17H,3-4,7,9H2,1-2H3. The van der Waals surface area contributed by atoms with Gasteiger partial charge in [0.05, 0.1) is 0 Å². The van der Waals surface area contributed by atoms with Crippen molar-refractivity contribution in [3.05, 3.63) is 42.7 Å². The molecule has 1 N–H and O–H groups in total. The summed E-state index contributed by atoms with van der Waals surface area (Å²) in [5, 5.41) is 5.84. The molecule has 4 heteroatoms. The molecule has 0 aliphatic rings. The third-order valence-electron chi connectivity index (χ3n) is 3.04. The molecule has 0 aromatic carbocycles. The van der Waals surface area contributed by atoms with Crippen LogP contribution in [0.25, 0.3) is 0 Å². The molecule has 0 aliphatic heterocycles. The predicted molar refractivity (Wildman–Crippen MR) is 90.5 cm³/mol. The van der Waals surface area contributed by atoms with Crippen LogP contribution in [0.15, 0.2) is 28.1 Å². The van der Waals surface area contributed by atoms with Crippen molar-refractivity contribution in [2.45, 2.75) is 39.2 Å². The van der Waals surface area contributed by atoms with Crippen LogP contribution in [0, 0.1) is 0 Å². The highest BCUT2D eigenvalue weighted by atomic mass is 79.9. The van der Waals surface area contributed by atoms with Crippen LogP contribution in [0.1, 0.15) is 40.9 Å². The molecular formula is C15H20BrNS2. The van der Waals surface area contributed by atoms with E-state index in [-0.39, 0.29) is 0 Å². The third kappa shape index (κ3) is 4.42. The second-order valence-electron chi connectivity index (χ2n) is 4.60. The summed E-state index contributed by atoms with van der Waals surface area (Å²) in [6.45, 7) is 5.51. The minimum atomic E-state index is 0.444. The van der Waals surface area contributed by atoms with Crippen LogP contribution in [0.4, 0.5) is 0 Å². The van der Waals surface area contributed by atoms with Crippen molar-refractivity contribution in [3.63, 3.8) is 0 Å². The molecule has 1 atom stereocenters. The first kappa shape index (κ1) is 15.2. The van der Waals surface area contributed by atoms with E-state index in [9.17, 15) is 0 Å². The number of halogens is 1. The van der Waals surface area contributed by atoms with Crippen LogP contribution in [0.3, 0.4) is 0 Å². The van der Waals surface area contributed by atoms with Gasteiger partial charge in [-0.2, -0.15) is 0 Å². The first-order chi connectivity index (χ1) is 9.22. The lowest BCUT2D eigenvalue weighted by Crippen LogP contribution is -2.22. The smallest absolute Gasteiger partial charge is 0.0464 e. The zero-order valence-corrected chi connectivity index (χ0v) is 14.6. The number of rotatable bonds is 7. The summed E-state index contributed by atoms with van der Waals surface area (Å²) in [5.74, 6) is 0. The van der Waals surface area contributed by atoms with E-state index in [4.69, 9.17) is 0 Å². The molecule has 0 bridgehead atoms. The Morgan fingerprint density at radius 2 is 2.05 bits per heavy atom. The zero-order chi connectivity index (χ0) is 13.7. The number of hydrogen-bond donors (Lipinski definition) is 1. The molecule has 0 saturated carbocycles. The van der Waals surface area contributed by atoms with Crippen LogP contribution >= 0.6 is 38.6 Å². The van der Waals surface area contributed by atoms with Crippen molar-refractivity contribution in [1.29, 1.82) is 0 Å². The number of hydrogen-bond acceptors (Lipinski definition) is 3. The van der Waals surface area contributed by atoms with Gasteiger partial charge in [0.1, 0.15) is 0 Å². The Kier molecular flexibility index (Phi) is 6.07. The summed E-state index contributed by atoms with van der Waals surface area (Å²) >= 11 is 7.34. The van der Waals surface area contributed by atoms with E-state index in [0.717, 1.165) is 19.4 Å². The maximum absolute atomic E-state index is 3.67. The highest BCUT2D eigenvalue weighted by Gasteiger charge is 2.14. The third-order valence-corrected chi connectivity index (χ3v) is 6.10. The fourth-order valence-electron chi connectivity index (χ4n) is 2.03. The quantitative estimate of drug-likeness (QED) is 0.697. The molecule has 0 radical (unpaired) electrons. The van der Waals surface area contributed by atoms with E-state index >= 15 is 0 Å². The first-order valence-electron chi connectivity index (χ1n) is 6.77. The lowest BCUT2D eigenvalue weighted by molar-refractivity contribution is 0.539. The first-order valence-corrected chi connectivity index (χ1v) is 9.26. The van der Waals surface area contributed by atoms with Crippen molar-refractivity contribution in [2.75, 3.05) is 6.54 Å². The SMILES string of the molecule is CCCNC(Cc1ccc(CC)s1)c1cc(Br)cs1. The van der Waals surface area contributed by atoms with E-state index in [1.807, 2.05) is 22.7 Å². The van der Waals surface area contributed by atoms with Crippen molar-refractivity contribution in [2.24, 2.45) is 0 Å². The summed E-state index contributed by atoms with van der Waals surface area (Å²) in [5.41, 5.74) is 0. The number of nitrogens with one attached hydrogen (secondary N) is 1. The van der Waals surface area contributed by atoms with E-state index < -0.39 is 0 Å². The molecule has 0 fully saturated rings. The summed E-state index contributed by atoms with van der Waals surface area (Å²) in [6.07, 6.45) is 3.41. The summed E-state index contributed by atoms with van der Waals surface area (Å²) in [7, 11) is 0. The van der Waals surface area contributed by atoms with Crippen LogP contribution in [-0.4, -0.2) is 6.54 Å². The maximum atomic E-state index is 3.67. The molecule has 0 spiro atoms. The van der Waals surface area contributed by atoms with Gasteiger partial charge in [0, 0.05) is 36.9 Å². The number of aryl methyl sites for hydroxylation is 1. The molecular weight excluding hydrogens is 338 g/mol. The Bertz CT molecular complexity index is 504. The maximum Gasteiger partial charge on any atom is 0.0464 e. The molecule has 1 nitrogen and oxygen atoms in total. The van der Waals surface area contributed by atoms with Crippen molar-refractivity contribution < 1.29 is 0 Å². The van der Waals surface area contributed by atoms with E-state index in [1.165, 1.54) is 25.5 Å². The van der Waals surface area contributed by atoms with Crippen molar-refractivity contribution in [3.8, 4) is 0 Å². The predicted octanol–water partition coefficient (Wildman–Crippen LogP) is 5.42. The minimum absolute atomic E-state index is 0.444. The van der Waals surface area contributed by atoms with Crippen LogP contribution in [0.2, 0.25) is 0 Å². The Hall–Kier alpha value is -0.160. The van der Waals surface area contributed by atoms with E-state index in [0.29, 0.717) is 6.04 Å². The molecule has 2 rings (SSSR count).